The van der Waals surface area contributed by atoms with Gasteiger partial charge in [-0.25, -0.2) is 0 Å². The number of hydrogen-bond acceptors (Lipinski definition) is 1. The van der Waals surface area contributed by atoms with Gasteiger partial charge in [-0.3, -0.25) is 4.21 Å². The van der Waals surface area contributed by atoms with Gasteiger partial charge in [-0.2, -0.15) is 0 Å². The lowest BCUT2D eigenvalue weighted by Gasteiger charge is -2.14. The molecule has 0 fully saturated rings. The van der Waals surface area contributed by atoms with E-state index < -0.39 is 10.8 Å². The van der Waals surface area contributed by atoms with Gasteiger partial charge in [0, 0.05) is 10.2 Å². The molecule has 0 aliphatic heterocycles. The predicted octanol–water partition coefficient (Wildman–Crippen LogP) is 4.35. The van der Waals surface area contributed by atoms with Crippen molar-refractivity contribution in [3.05, 3.63) is 35.8 Å². The van der Waals surface area contributed by atoms with E-state index in [-0.39, 0.29) is 0 Å². The lowest BCUT2D eigenvalue weighted by molar-refractivity contribution is 0.630. The highest BCUT2D eigenvalue weighted by molar-refractivity contribution is 7.89. The third kappa shape index (κ3) is 6.06. The molecule has 0 spiro atoms. The smallest absolute Gasteiger partial charge is 0.0516 e. The summed E-state index contributed by atoms with van der Waals surface area (Å²) in [6.07, 6.45) is 11.8. The summed E-state index contributed by atoms with van der Waals surface area (Å²) < 4.78 is 12.2. The summed E-state index contributed by atoms with van der Waals surface area (Å²) >= 11 is 0. The van der Waals surface area contributed by atoms with Crippen LogP contribution < -0.4 is 0 Å². The highest BCUT2D eigenvalue weighted by Gasteiger charge is 2.14. The van der Waals surface area contributed by atoms with Crippen molar-refractivity contribution in [2.24, 2.45) is 0 Å². The molecule has 2 atom stereocenters. The predicted molar refractivity (Wildman–Crippen MR) is 74.8 cm³/mol. The summed E-state index contributed by atoms with van der Waals surface area (Å²) in [7, 11) is -0.832. The molecule has 2 heteroatoms. The lowest BCUT2D eigenvalue weighted by Crippen LogP contribution is -2.14. The molecule has 0 radical (unpaired) electrons. The first-order chi connectivity index (χ1) is 7.67. The zero-order valence-corrected chi connectivity index (χ0v) is 11.6. The van der Waals surface area contributed by atoms with Crippen LogP contribution in [0.1, 0.15) is 46.5 Å². The van der Waals surface area contributed by atoms with Crippen LogP contribution in [-0.4, -0.2) is 9.46 Å². The maximum absolute atomic E-state index is 12.2. The van der Waals surface area contributed by atoms with Gasteiger partial charge in [0.2, 0.25) is 0 Å². The number of rotatable bonds is 8. The molecule has 16 heavy (non-hydrogen) atoms. The van der Waals surface area contributed by atoms with Crippen LogP contribution in [0.25, 0.3) is 0 Å². The molecule has 0 bridgehead atoms. The molecule has 0 aromatic rings. The summed E-state index contributed by atoms with van der Waals surface area (Å²) in [5.74, 6) is 0. The molecular formula is C14H24OS. The molecule has 1 unspecified atom stereocenters. The van der Waals surface area contributed by atoms with E-state index in [1.807, 2.05) is 25.2 Å². The van der Waals surface area contributed by atoms with Gasteiger partial charge in [0.05, 0.1) is 10.8 Å². The Kier molecular flexibility index (Phi) is 9.21. The van der Waals surface area contributed by atoms with Crippen LogP contribution in [0.15, 0.2) is 35.8 Å². The maximum atomic E-state index is 12.2. The fraction of sp³-hybridized carbons (Fsp3) is 0.571. The molecule has 0 amide bonds. The second kappa shape index (κ2) is 9.59. The van der Waals surface area contributed by atoms with Crippen LogP contribution in [0, 0.1) is 0 Å². The van der Waals surface area contributed by atoms with Crippen molar-refractivity contribution in [1.82, 2.24) is 0 Å². The van der Waals surface area contributed by atoms with Crippen molar-refractivity contribution < 1.29 is 4.21 Å². The van der Waals surface area contributed by atoms with E-state index in [0.29, 0.717) is 5.25 Å². The van der Waals surface area contributed by atoms with Crippen molar-refractivity contribution >= 4 is 10.8 Å². The summed E-state index contributed by atoms with van der Waals surface area (Å²) in [6.45, 7) is 9.83. The summed E-state index contributed by atoms with van der Waals surface area (Å²) in [5.41, 5.74) is 0. The van der Waals surface area contributed by atoms with Crippen molar-refractivity contribution in [3.63, 3.8) is 0 Å². The molecule has 92 valence electrons. The Bertz CT molecular complexity index is 276. The lowest BCUT2D eigenvalue weighted by atomic mass is 10.2. The molecule has 0 heterocycles. The van der Waals surface area contributed by atoms with E-state index in [2.05, 4.69) is 20.4 Å². The summed E-state index contributed by atoms with van der Waals surface area (Å²) in [5, 5.41) is 0.313. The van der Waals surface area contributed by atoms with Crippen molar-refractivity contribution in [2.75, 3.05) is 0 Å². The molecule has 0 N–H and O–H groups in total. The van der Waals surface area contributed by atoms with E-state index in [0.717, 1.165) is 17.7 Å². The fourth-order valence-electron chi connectivity index (χ4n) is 1.49. The molecule has 0 aliphatic rings. The van der Waals surface area contributed by atoms with Gasteiger partial charge in [0.25, 0.3) is 0 Å². The zero-order chi connectivity index (χ0) is 12.4. The van der Waals surface area contributed by atoms with E-state index >= 15 is 0 Å². The second-order valence-corrected chi connectivity index (χ2v) is 5.77. The Labute approximate surface area is 103 Å². The van der Waals surface area contributed by atoms with Crippen molar-refractivity contribution in [2.45, 2.75) is 51.7 Å². The van der Waals surface area contributed by atoms with E-state index in [4.69, 9.17) is 0 Å². The zero-order valence-electron chi connectivity index (χ0n) is 10.7. The van der Waals surface area contributed by atoms with E-state index in [1.54, 1.807) is 6.08 Å². The third-order valence-electron chi connectivity index (χ3n) is 2.53. The number of hydrogen-bond donors (Lipinski definition) is 0. The molecule has 0 aromatic carbocycles. The quantitative estimate of drug-likeness (QED) is 0.576. The monoisotopic (exact) mass is 240 g/mol. The topological polar surface area (TPSA) is 17.1 Å². The normalized spacial score (nSPS) is 16.3. The molecular weight excluding hydrogens is 216 g/mol. The summed E-state index contributed by atoms with van der Waals surface area (Å²) in [4.78, 5) is 0.959. The second-order valence-electron chi connectivity index (χ2n) is 3.87. The minimum atomic E-state index is -0.832. The first kappa shape index (κ1) is 15.4. The molecule has 1 nitrogen and oxygen atoms in total. The van der Waals surface area contributed by atoms with Crippen LogP contribution in [0.5, 0.6) is 0 Å². The minimum absolute atomic E-state index is 0.313. The van der Waals surface area contributed by atoms with Gasteiger partial charge >= 0.3 is 0 Å². The minimum Gasteiger partial charge on any atom is -0.254 e. The van der Waals surface area contributed by atoms with Crippen LogP contribution in [0.2, 0.25) is 0 Å². The van der Waals surface area contributed by atoms with Gasteiger partial charge in [-0.1, -0.05) is 57.6 Å². The molecule has 0 saturated carbocycles. The first-order valence-corrected chi connectivity index (χ1v) is 7.25. The van der Waals surface area contributed by atoms with Crippen LogP contribution in [0.3, 0.4) is 0 Å². The highest BCUT2D eigenvalue weighted by atomic mass is 32.2. The van der Waals surface area contributed by atoms with Gasteiger partial charge in [-0.15, -0.1) is 0 Å². The van der Waals surface area contributed by atoms with Gasteiger partial charge in [0.1, 0.15) is 0 Å². The van der Waals surface area contributed by atoms with Crippen LogP contribution in [0.4, 0.5) is 0 Å². The van der Waals surface area contributed by atoms with Gasteiger partial charge in [0.15, 0.2) is 0 Å². The Morgan fingerprint density at radius 3 is 2.56 bits per heavy atom. The van der Waals surface area contributed by atoms with E-state index in [9.17, 15) is 4.21 Å². The van der Waals surface area contributed by atoms with Crippen LogP contribution >= 0.6 is 0 Å². The molecule has 0 aromatic heterocycles. The molecule has 0 aliphatic carbocycles. The first-order valence-electron chi connectivity index (χ1n) is 6.03. The number of unbranched alkanes of at least 4 members (excludes halogenated alkanes) is 1. The third-order valence-corrected chi connectivity index (χ3v) is 4.48. The highest BCUT2D eigenvalue weighted by Crippen LogP contribution is 2.17. The van der Waals surface area contributed by atoms with Gasteiger partial charge in [-0.05, 0) is 19.8 Å². The largest absolute Gasteiger partial charge is 0.254 e. The average Bonchev–Trinajstić information content (AvgIpc) is 2.30. The SMILES string of the molecule is C=C/C=C\C=C(/C)S(=O)[C@H](CC)CCCC. The van der Waals surface area contributed by atoms with Crippen molar-refractivity contribution in [1.29, 1.82) is 0 Å². The Morgan fingerprint density at radius 2 is 2.06 bits per heavy atom. The Hall–Kier alpha value is -0.630. The number of allylic oxidation sites excluding steroid dienone is 5. The Balaban J connectivity index is 4.42. The molecule has 0 rings (SSSR count). The maximum Gasteiger partial charge on any atom is 0.0516 e. The molecule has 0 saturated heterocycles. The standard InChI is InChI=1S/C14H24OS/c1-5-8-10-11-13(4)16(15)14(7-3)12-9-6-2/h5,8,10-11,14H,1,6-7,9,12H2,2-4H3/b10-8-,13-11+/t14-,16?/m1/s1. The summed E-state index contributed by atoms with van der Waals surface area (Å²) in [6, 6.07) is 0. The van der Waals surface area contributed by atoms with E-state index in [1.165, 1.54) is 12.8 Å². The average molecular weight is 240 g/mol. The Morgan fingerprint density at radius 1 is 1.38 bits per heavy atom. The van der Waals surface area contributed by atoms with Crippen molar-refractivity contribution in [3.8, 4) is 0 Å². The fourth-order valence-corrected chi connectivity index (χ4v) is 2.92. The van der Waals surface area contributed by atoms with Gasteiger partial charge < -0.3 is 0 Å². The van der Waals surface area contributed by atoms with Crippen LogP contribution in [-0.2, 0) is 10.8 Å².